The molecule has 2 amide bonds. The number of nitrogens with zero attached hydrogens (tertiary/aromatic N) is 2. The Kier molecular flexibility index (Phi) is 3.42. The van der Waals surface area contributed by atoms with Crippen molar-refractivity contribution in [2.45, 2.75) is 6.54 Å². The highest BCUT2D eigenvalue weighted by Gasteiger charge is 2.30. The molecule has 1 aromatic heterocycles. The standard InChI is InChI=1S/C14H13N3O3S/c1-20-10-3-2-8-4-9(13(15)16-11(8)5-10)6-17-12(18)7-21-14(17)19/h2-5H,6-7H2,1H3,(H2,15,16). The third kappa shape index (κ3) is 2.52. The molecule has 3 rings (SSSR count). The Morgan fingerprint density at radius 1 is 1.38 bits per heavy atom. The first kappa shape index (κ1) is 13.7. The number of fused-ring (bicyclic) bond motifs is 1. The Hall–Kier alpha value is -2.28. The van der Waals surface area contributed by atoms with Crippen LogP contribution in [0.3, 0.4) is 0 Å². The molecule has 21 heavy (non-hydrogen) atoms. The van der Waals surface area contributed by atoms with E-state index in [-0.39, 0.29) is 23.4 Å². The maximum Gasteiger partial charge on any atom is 0.289 e. The zero-order valence-corrected chi connectivity index (χ0v) is 12.1. The average Bonchev–Trinajstić information content (AvgIpc) is 2.79. The van der Waals surface area contributed by atoms with E-state index in [4.69, 9.17) is 10.5 Å². The molecule has 6 nitrogen and oxygen atoms in total. The van der Waals surface area contributed by atoms with Gasteiger partial charge in [-0.15, -0.1) is 0 Å². The number of thioether (sulfide) groups is 1. The van der Waals surface area contributed by atoms with E-state index in [9.17, 15) is 9.59 Å². The number of amides is 2. The first-order chi connectivity index (χ1) is 10.1. The van der Waals surface area contributed by atoms with Crippen molar-refractivity contribution in [3.05, 3.63) is 29.8 Å². The van der Waals surface area contributed by atoms with E-state index in [1.807, 2.05) is 18.2 Å². The predicted molar refractivity (Wildman–Crippen MR) is 81.1 cm³/mol. The quantitative estimate of drug-likeness (QED) is 0.933. The Balaban J connectivity index is 1.97. The smallest absolute Gasteiger partial charge is 0.289 e. The van der Waals surface area contributed by atoms with Crippen LogP contribution in [0.2, 0.25) is 0 Å². The van der Waals surface area contributed by atoms with Crippen LogP contribution in [0.4, 0.5) is 10.6 Å². The maximum atomic E-state index is 11.7. The fourth-order valence-electron chi connectivity index (χ4n) is 2.16. The number of methoxy groups -OCH3 is 1. The molecule has 0 atom stereocenters. The monoisotopic (exact) mass is 303 g/mol. The fraction of sp³-hybridized carbons (Fsp3) is 0.214. The number of imide groups is 1. The van der Waals surface area contributed by atoms with Crippen molar-refractivity contribution in [2.75, 3.05) is 18.6 Å². The molecule has 1 aliphatic rings. The van der Waals surface area contributed by atoms with Gasteiger partial charge in [-0.05, 0) is 18.2 Å². The molecule has 0 saturated carbocycles. The molecule has 2 aromatic rings. The number of anilines is 1. The van der Waals surface area contributed by atoms with Crippen LogP contribution in [0.5, 0.6) is 5.75 Å². The van der Waals surface area contributed by atoms with Crippen LogP contribution in [0.25, 0.3) is 10.9 Å². The summed E-state index contributed by atoms with van der Waals surface area (Å²) in [6.45, 7) is 0.158. The zero-order valence-electron chi connectivity index (χ0n) is 11.3. The number of hydrogen-bond acceptors (Lipinski definition) is 6. The van der Waals surface area contributed by atoms with E-state index in [1.54, 1.807) is 13.2 Å². The number of carbonyl (C=O) groups excluding carboxylic acids is 2. The van der Waals surface area contributed by atoms with Crippen LogP contribution in [0.15, 0.2) is 24.3 Å². The van der Waals surface area contributed by atoms with Gasteiger partial charge in [-0.25, -0.2) is 4.98 Å². The van der Waals surface area contributed by atoms with Gasteiger partial charge in [0.2, 0.25) is 5.91 Å². The van der Waals surface area contributed by atoms with Gasteiger partial charge in [0, 0.05) is 17.0 Å². The number of carbonyl (C=O) groups is 2. The van der Waals surface area contributed by atoms with E-state index in [2.05, 4.69) is 4.98 Å². The first-order valence-electron chi connectivity index (χ1n) is 6.29. The molecular weight excluding hydrogens is 290 g/mol. The van der Waals surface area contributed by atoms with Crippen molar-refractivity contribution in [3.8, 4) is 5.75 Å². The zero-order chi connectivity index (χ0) is 15.0. The molecule has 2 heterocycles. The molecule has 1 aliphatic heterocycles. The predicted octanol–water partition coefficient (Wildman–Crippen LogP) is 2.02. The Bertz CT molecular complexity index is 732. The Morgan fingerprint density at radius 2 is 2.19 bits per heavy atom. The lowest BCUT2D eigenvalue weighted by atomic mass is 10.1. The van der Waals surface area contributed by atoms with Crippen molar-refractivity contribution in [1.29, 1.82) is 0 Å². The van der Waals surface area contributed by atoms with Gasteiger partial charge in [-0.2, -0.15) is 0 Å². The number of pyridine rings is 1. The minimum atomic E-state index is -0.241. The van der Waals surface area contributed by atoms with Gasteiger partial charge < -0.3 is 10.5 Å². The van der Waals surface area contributed by atoms with Crippen molar-refractivity contribution in [3.63, 3.8) is 0 Å². The minimum Gasteiger partial charge on any atom is -0.497 e. The minimum absolute atomic E-state index is 0.158. The molecular formula is C14H13N3O3S. The summed E-state index contributed by atoms with van der Waals surface area (Å²) < 4.78 is 5.15. The average molecular weight is 303 g/mol. The second kappa shape index (κ2) is 5.25. The third-order valence-corrected chi connectivity index (χ3v) is 4.16. The maximum absolute atomic E-state index is 11.7. The second-order valence-electron chi connectivity index (χ2n) is 4.63. The molecule has 1 aromatic carbocycles. The SMILES string of the molecule is COc1ccc2cc(CN3C(=O)CSC3=O)c(N)nc2c1. The Labute approximate surface area is 125 Å². The highest BCUT2D eigenvalue weighted by atomic mass is 32.2. The fourth-order valence-corrected chi connectivity index (χ4v) is 2.89. The van der Waals surface area contributed by atoms with Gasteiger partial charge in [-0.3, -0.25) is 14.5 Å². The van der Waals surface area contributed by atoms with E-state index in [1.165, 1.54) is 4.90 Å². The Morgan fingerprint density at radius 3 is 2.86 bits per heavy atom. The summed E-state index contributed by atoms with van der Waals surface area (Å²) >= 11 is 1.01. The van der Waals surface area contributed by atoms with Crippen LogP contribution in [-0.4, -0.2) is 33.9 Å². The number of ether oxygens (including phenoxy) is 1. The van der Waals surface area contributed by atoms with Crippen molar-refractivity contribution < 1.29 is 14.3 Å². The summed E-state index contributed by atoms with van der Waals surface area (Å²) in [4.78, 5) is 28.8. The van der Waals surface area contributed by atoms with Crippen molar-refractivity contribution in [1.82, 2.24) is 9.88 Å². The number of nitrogen functional groups attached to an aromatic ring is 1. The largest absolute Gasteiger partial charge is 0.497 e. The van der Waals surface area contributed by atoms with E-state index in [0.29, 0.717) is 22.6 Å². The summed E-state index contributed by atoms with van der Waals surface area (Å²) in [6, 6.07) is 7.33. The van der Waals surface area contributed by atoms with Crippen molar-refractivity contribution in [2.24, 2.45) is 0 Å². The number of aromatic nitrogens is 1. The van der Waals surface area contributed by atoms with Gasteiger partial charge in [0.1, 0.15) is 11.6 Å². The van der Waals surface area contributed by atoms with Gasteiger partial charge in [-0.1, -0.05) is 11.8 Å². The topological polar surface area (TPSA) is 85.5 Å². The van der Waals surface area contributed by atoms with Crippen molar-refractivity contribution >= 4 is 39.6 Å². The van der Waals surface area contributed by atoms with E-state index >= 15 is 0 Å². The lowest BCUT2D eigenvalue weighted by Gasteiger charge is -2.14. The second-order valence-corrected chi connectivity index (χ2v) is 5.55. The van der Waals surface area contributed by atoms with Crippen LogP contribution < -0.4 is 10.5 Å². The lowest BCUT2D eigenvalue weighted by molar-refractivity contribution is -0.125. The summed E-state index contributed by atoms with van der Waals surface area (Å²) in [5.74, 6) is 1.01. The van der Waals surface area contributed by atoms with Gasteiger partial charge in [0.15, 0.2) is 0 Å². The molecule has 0 aliphatic carbocycles. The molecule has 0 unspecified atom stereocenters. The lowest BCUT2D eigenvalue weighted by Crippen LogP contribution is -2.28. The number of rotatable bonds is 3. The number of hydrogen-bond donors (Lipinski definition) is 1. The summed E-state index contributed by atoms with van der Waals surface area (Å²) in [7, 11) is 1.58. The first-order valence-corrected chi connectivity index (χ1v) is 7.27. The van der Waals surface area contributed by atoms with Gasteiger partial charge >= 0.3 is 0 Å². The van der Waals surface area contributed by atoms with E-state index < -0.39 is 0 Å². The third-order valence-electron chi connectivity index (χ3n) is 3.31. The number of nitrogens with two attached hydrogens (primary N) is 1. The molecule has 1 saturated heterocycles. The van der Waals surface area contributed by atoms with Gasteiger partial charge in [0.05, 0.1) is 24.9 Å². The van der Waals surface area contributed by atoms with Crippen LogP contribution in [-0.2, 0) is 11.3 Å². The normalized spacial score (nSPS) is 15.0. The summed E-state index contributed by atoms with van der Waals surface area (Å²) in [5, 5.41) is 0.640. The van der Waals surface area contributed by atoms with E-state index in [0.717, 1.165) is 17.1 Å². The highest BCUT2D eigenvalue weighted by molar-refractivity contribution is 8.14. The molecule has 7 heteroatoms. The molecule has 1 fully saturated rings. The molecule has 0 radical (unpaired) electrons. The molecule has 108 valence electrons. The van der Waals surface area contributed by atoms with Crippen LogP contribution in [0, 0.1) is 0 Å². The van der Waals surface area contributed by atoms with Crippen LogP contribution in [0.1, 0.15) is 5.56 Å². The molecule has 2 N–H and O–H groups in total. The highest BCUT2D eigenvalue weighted by Crippen LogP contribution is 2.26. The number of benzene rings is 1. The summed E-state index contributed by atoms with van der Waals surface area (Å²) in [6.07, 6.45) is 0. The molecule has 0 bridgehead atoms. The summed E-state index contributed by atoms with van der Waals surface area (Å²) in [5.41, 5.74) is 7.32. The molecule has 0 spiro atoms. The van der Waals surface area contributed by atoms with Gasteiger partial charge in [0.25, 0.3) is 5.24 Å². The van der Waals surface area contributed by atoms with Crippen LogP contribution >= 0.6 is 11.8 Å².